The van der Waals surface area contributed by atoms with Gasteiger partial charge in [0.2, 0.25) is 5.91 Å². The summed E-state index contributed by atoms with van der Waals surface area (Å²) in [5, 5.41) is 124. The van der Waals surface area contributed by atoms with E-state index in [1.54, 1.807) is 11.8 Å². The third-order valence-corrected chi connectivity index (χ3v) is 11.8. The maximum atomic E-state index is 14.0. The first-order valence-electron chi connectivity index (χ1n) is 21.8. The molecule has 13 N–H and O–H groups in total. The Labute approximate surface area is 361 Å². The number of rotatable bonds is 29. The van der Waals surface area contributed by atoms with Crippen molar-refractivity contribution in [2.45, 2.75) is 169 Å². The van der Waals surface area contributed by atoms with Gasteiger partial charge in [-0.1, -0.05) is 19.8 Å². The summed E-state index contributed by atoms with van der Waals surface area (Å²) in [6, 6.07) is -0.926. The van der Waals surface area contributed by atoms with E-state index < -0.39 is 124 Å². The van der Waals surface area contributed by atoms with E-state index in [2.05, 4.69) is 5.32 Å². The molecule has 22 nitrogen and oxygen atoms in total. The van der Waals surface area contributed by atoms with Gasteiger partial charge in [0.15, 0.2) is 12.6 Å². The minimum Gasteiger partial charge on any atom is -0.396 e. The average molecular weight is 901 g/mol. The predicted octanol–water partition coefficient (Wildman–Crippen LogP) is -5.05. The third kappa shape index (κ3) is 16.2. The number of carbonyl (C=O) groups excluding carboxylic acids is 3. The molecule has 0 bridgehead atoms. The van der Waals surface area contributed by atoms with Crippen molar-refractivity contribution in [1.29, 1.82) is 0 Å². The Morgan fingerprint density at radius 1 is 0.597 bits per heavy atom. The number of aliphatic hydroxyl groups is 12. The van der Waals surface area contributed by atoms with Crippen LogP contribution in [0.3, 0.4) is 0 Å². The maximum absolute atomic E-state index is 14.0. The Morgan fingerprint density at radius 2 is 1.10 bits per heavy atom. The van der Waals surface area contributed by atoms with Gasteiger partial charge >= 0.3 is 0 Å². The first kappa shape index (κ1) is 54.4. The monoisotopic (exact) mass is 900 g/mol. The normalized spacial score (nSPS) is 34.6. The number of hydrogen-bond donors (Lipinski definition) is 13. The van der Waals surface area contributed by atoms with Gasteiger partial charge in [-0.2, -0.15) is 0 Å². The molecule has 2 aliphatic heterocycles. The molecule has 0 aromatic heterocycles. The zero-order valence-electron chi connectivity index (χ0n) is 35.5. The Balaban J connectivity index is 1.73. The quantitative estimate of drug-likeness (QED) is 0.0313. The lowest BCUT2D eigenvalue weighted by molar-refractivity contribution is -0.301. The van der Waals surface area contributed by atoms with Gasteiger partial charge in [-0.25, -0.2) is 0 Å². The molecular weight excluding hydrogens is 828 g/mol. The highest BCUT2D eigenvalue weighted by Crippen LogP contribution is 2.28. The highest BCUT2D eigenvalue weighted by molar-refractivity contribution is 5.81. The van der Waals surface area contributed by atoms with E-state index in [0.717, 1.165) is 0 Å². The summed E-state index contributed by atoms with van der Waals surface area (Å²) in [6.45, 7) is -0.789. The smallest absolute Gasteiger partial charge is 0.237 e. The van der Waals surface area contributed by atoms with E-state index in [0.29, 0.717) is 57.8 Å². The van der Waals surface area contributed by atoms with Gasteiger partial charge in [0.1, 0.15) is 72.6 Å². The van der Waals surface area contributed by atoms with Gasteiger partial charge in [0, 0.05) is 57.8 Å². The van der Waals surface area contributed by atoms with Crippen LogP contribution in [0.1, 0.15) is 77.6 Å². The predicted molar refractivity (Wildman–Crippen MR) is 213 cm³/mol. The largest absolute Gasteiger partial charge is 0.396 e. The summed E-state index contributed by atoms with van der Waals surface area (Å²) in [7, 11) is 0. The summed E-state index contributed by atoms with van der Waals surface area (Å²) < 4.78 is 28.0. The number of hydrogen-bond acceptors (Lipinski definition) is 21. The number of Topliss-reactive ketones (excluding diaryl/α,β-unsaturated/α-hetero) is 2. The molecule has 2 heterocycles. The van der Waals surface area contributed by atoms with Crippen LogP contribution in [0.4, 0.5) is 0 Å². The van der Waals surface area contributed by atoms with Crippen molar-refractivity contribution in [2.75, 3.05) is 59.3 Å². The van der Waals surface area contributed by atoms with Gasteiger partial charge in [0.05, 0.1) is 51.3 Å². The molecule has 3 rings (SSSR count). The lowest BCUT2D eigenvalue weighted by Crippen LogP contribution is -2.59. The zero-order valence-corrected chi connectivity index (χ0v) is 35.5. The minimum atomic E-state index is -1.70. The van der Waals surface area contributed by atoms with Crippen molar-refractivity contribution in [3.05, 3.63) is 0 Å². The number of ether oxygens (including phenoxy) is 5. The highest BCUT2D eigenvalue weighted by Gasteiger charge is 2.46. The molecule has 1 amide bonds. The molecule has 1 saturated carbocycles. The van der Waals surface area contributed by atoms with E-state index in [9.17, 15) is 75.7 Å². The van der Waals surface area contributed by atoms with E-state index in [-0.39, 0.29) is 63.9 Å². The van der Waals surface area contributed by atoms with Crippen LogP contribution in [0.5, 0.6) is 0 Å². The SMILES string of the molecule is CCC(=O)CCCCC(=O)CCCCC[C@@H](C(=O)NCCO[C@H]1O[C@H](CO)[C@@H](O)[C@H](O)[C@@H]1O)N(CCO[C@H]1O[C@H](CO)[C@@H](O)[C@H](O)[C@@H]1O)CCO[C@H]1C[C@H](CO)[C@@H](O)[C@H](O)[C@@H]1O. The topological polar surface area (TPSA) is 355 Å². The molecule has 0 aromatic carbocycles. The number of amides is 1. The van der Waals surface area contributed by atoms with E-state index in [1.807, 2.05) is 0 Å². The second-order valence-corrected chi connectivity index (χ2v) is 16.3. The van der Waals surface area contributed by atoms with Crippen molar-refractivity contribution >= 4 is 17.5 Å². The first-order chi connectivity index (χ1) is 29.6. The minimum absolute atomic E-state index is 0.00216. The van der Waals surface area contributed by atoms with Crippen LogP contribution in [0.2, 0.25) is 0 Å². The molecule has 0 spiro atoms. The summed E-state index contributed by atoms with van der Waals surface area (Å²) in [5.74, 6) is -1.07. The number of unbranched alkanes of at least 4 members (excludes halogenated alkanes) is 3. The number of nitrogens with one attached hydrogen (secondary N) is 1. The molecule has 0 radical (unpaired) electrons. The second kappa shape index (κ2) is 28.2. The molecule has 362 valence electrons. The van der Waals surface area contributed by atoms with Crippen molar-refractivity contribution in [1.82, 2.24) is 10.2 Å². The standard InChI is InChI=1S/C40H72N2O20/c1-2-23(46)8-6-7-10-24(47)9-4-3-5-11-25(38(57)41-12-15-59-39-36(55)34(53)31(50)27(20-44)61-39)42(13-16-58-26-18-22(19-43)29(48)33(52)30(26)49)14-17-60-40-37(56)35(54)32(51)28(21-45)62-40/h22,25-37,39-40,43-45,48-56H,2-21H2,1H3,(H,41,57)/t22-,25+,26+,27-,28-,29-,30-,31-,32-,33+,34+,35+,36+,37+,39+,40+/m1/s1. The molecule has 62 heavy (non-hydrogen) atoms. The highest BCUT2D eigenvalue weighted by atomic mass is 16.7. The summed E-state index contributed by atoms with van der Waals surface area (Å²) in [5.41, 5.74) is 0. The van der Waals surface area contributed by atoms with Crippen molar-refractivity contribution in [3.63, 3.8) is 0 Å². The average Bonchev–Trinajstić information content (AvgIpc) is 3.26. The first-order valence-corrected chi connectivity index (χ1v) is 21.8. The fourth-order valence-corrected chi connectivity index (χ4v) is 7.80. The van der Waals surface area contributed by atoms with Crippen molar-refractivity contribution in [3.8, 4) is 0 Å². The number of nitrogens with zero attached hydrogens (tertiary/aromatic N) is 1. The molecule has 22 heteroatoms. The van der Waals surface area contributed by atoms with Crippen LogP contribution >= 0.6 is 0 Å². The number of carbonyl (C=O) groups is 3. The Bertz CT molecular complexity index is 1260. The zero-order chi connectivity index (χ0) is 45.9. The molecule has 1 aliphatic carbocycles. The second-order valence-electron chi connectivity index (χ2n) is 16.3. The maximum Gasteiger partial charge on any atom is 0.237 e. The fraction of sp³-hybridized carbons (Fsp3) is 0.925. The lowest BCUT2D eigenvalue weighted by Gasteiger charge is -2.40. The summed E-state index contributed by atoms with van der Waals surface area (Å²) in [6.07, 6.45) is -16.1. The van der Waals surface area contributed by atoms with E-state index >= 15 is 0 Å². The Hall–Kier alpha value is -1.91. The fourth-order valence-electron chi connectivity index (χ4n) is 7.80. The lowest BCUT2D eigenvalue weighted by atomic mass is 9.81. The van der Waals surface area contributed by atoms with E-state index in [1.165, 1.54) is 0 Å². The molecule has 0 unspecified atom stereocenters. The van der Waals surface area contributed by atoms with Crippen LogP contribution in [-0.4, -0.2) is 235 Å². The molecule has 3 fully saturated rings. The van der Waals surface area contributed by atoms with Crippen LogP contribution in [0.15, 0.2) is 0 Å². The van der Waals surface area contributed by atoms with Crippen LogP contribution < -0.4 is 5.32 Å². The molecule has 16 atom stereocenters. The van der Waals surface area contributed by atoms with Crippen molar-refractivity contribution < 1.29 is 99.3 Å². The van der Waals surface area contributed by atoms with Gasteiger partial charge in [-0.3, -0.25) is 19.3 Å². The summed E-state index contributed by atoms with van der Waals surface area (Å²) in [4.78, 5) is 39.8. The van der Waals surface area contributed by atoms with Crippen LogP contribution in [0, 0.1) is 5.92 Å². The number of aliphatic hydroxyl groups excluding tert-OH is 12. The number of ketones is 2. The van der Waals surface area contributed by atoms with Gasteiger partial charge in [-0.05, 0) is 32.1 Å². The van der Waals surface area contributed by atoms with Crippen LogP contribution in [0.25, 0.3) is 0 Å². The Morgan fingerprint density at radius 3 is 1.63 bits per heavy atom. The molecule has 3 aliphatic rings. The van der Waals surface area contributed by atoms with Gasteiger partial charge in [-0.15, -0.1) is 0 Å². The van der Waals surface area contributed by atoms with Crippen molar-refractivity contribution in [2.24, 2.45) is 5.92 Å². The Kier molecular flexibility index (Phi) is 24.8. The van der Waals surface area contributed by atoms with Gasteiger partial charge in [0.25, 0.3) is 0 Å². The summed E-state index contributed by atoms with van der Waals surface area (Å²) >= 11 is 0. The van der Waals surface area contributed by atoms with Gasteiger partial charge < -0.3 is 90.3 Å². The third-order valence-electron chi connectivity index (χ3n) is 11.8. The molecular formula is C40H72N2O20. The molecule has 0 aromatic rings. The van der Waals surface area contributed by atoms with E-state index in [4.69, 9.17) is 23.7 Å². The van der Waals surface area contributed by atoms with Crippen LogP contribution in [-0.2, 0) is 38.1 Å². The molecule has 2 saturated heterocycles.